The summed E-state index contributed by atoms with van der Waals surface area (Å²) in [5, 5.41) is 16.0. The fraction of sp³-hybridized carbons (Fsp3) is 0. The second-order valence-corrected chi connectivity index (χ2v) is 14.9. The molecular formula is C54H32N2. The minimum Gasteiger partial charge on any atom is -0.245 e. The number of hydrogen-bond donors (Lipinski definition) is 0. The normalized spacial score (nSPS) is 11.9. The van der Waals surface area contributed by atoms with E-state index in [-0.39, 0.29) is 0 Å². The Hall–Kier alpha value is -7.42. The van der Waals surface area contributed by atoms with Gasteiger partial charge in [0.15, 0.2) is 0 Å². The molecule has 0 aliphatic heterocycles. The molecule has 0 saturated heterocycles. The van der Waals surface area contributed by atoms with Crippen molar-refractivity contribution >= 4 is 86.6 Å². The summed E-state index contributed by atoms with van der Waals surface area (Å²) in [5.74, 6) is 0. The summed E-state index contributed by atoms with van der Waals surface area (Å²) in [5.41, 5.74) is 9.68. The van der Waals surface area contributed by atoms with Crippen LogP contribution in [0.15, 0.2) is 194 Å². The lowest BCUT2D eigenvalue weighted by Crippen LogP contribution is -1.93. The van der Waals surface area contributed by atoms with Crippen molar-refractivity contribution in [2.24, 2.45) is 0 Å². The van der Waals surface area contributed by atoms with Gasteiger partial charge >= 0.3 is 0 Å². The van der Waals surface area contributed by atoms with Gasteiger partial charge in [-0.05, 0) is 113 Å². The first-order chi connectivity index (χ1) is 27.7. The van der Waals surface area contributed by atoms with Gasteiger partial charge in [-0.3, -0.25) is 0 Å². The van der Waals surface area contributed by atoms with E-state index in [1.54, 1.807) is 0 Å². The van der Waals surface area contributed by atoms with E-state index < -0.39 is 0 Å². The van der Waals surface area contributed by atoms with Crippen molar-refractivity contribution in [2.45, 2.75) is 0 Å². The zero-order valence-electron chi connectivity index (χ0n) is 30.4. The molecule has 0 aliphatic rings. The summed E-state index contributed by atoms with van der Waals surface area (Å²) in [4.78, 5) is 10.5. The van der Waals surface area contributed by atoms with Crippen LogP contribution in [0.25, 0.3) is 120 Å². The predicted octanol–water partition coefficient (Wildman–Crippen LogP) is 14.7. The van der Waals surface area contributed by atoms with Crippen molar-refractivity contribution in [2.75, 3.05) is 0 Å². The van der Waals surface area contributed by atoms with E-state index in [4.69, 9.17) is 9.97 Å². The monoisotopic (exact) mass is 708 g/mol. The molecular weight excluding hydrogens is 677 g/mol. The second-order valence-electron chi connectivity index (χ2n) is 14.9. The number of rotatable bonds is 3. The SMILES string of the molecule is c1ccc(-c2c3ccccc3nc3c2ccc2ccc(-c4ccc5cc6cc(-c7ccc8c9ccccc9c9ccccc9c8c7)ccc6cc5c4)nc23)cc1. The molecule has 12 aromatic rings. The van der Waals surface area contributed by atoms with Crippen molar-refractivity contribution in [1.29, 1.82) is 0 Å². The fourth-order valence-electron chi connectivity index (χ4n) is 9.04. The quantitative estimate of drug-likeness (QED) is 0.135. The smallest absolute Gasteiger partial charge is 0.0978 e. The Kier molecular flexibility index (Phi) is 6.66. The third-order valence-corrected chi connectivity index (χ3v) is 11.7. The number of pyridine rings is 2. The highest BCUT2D eigenvalue weighted by molar-refractivity contribution is 6.26. The van der Waals surface area contributed by atoms with Crippen LogP contribution in [0.3, 0.4) is 0 Å². The highest BCUT2D eigenvalue weighted by Crippen LogP contribution is 2.40. The Labute approximate surface area is 322 Å². The zero-order valence-corrected chi connectivity index (χ0v) is 30.4. The number of nitrogens with zero attached hydrogens (tertiary/aromatic N) is 2. The number of benzene rings is 10. The third-order valence-electron chi connectivity index (χ3n) is 11.7. The molecule has 0 N–H and O–H groups in total. The Morgan fingerprint density at radius 1 is 0.250 bits per heavy atom. The maximum absolute atomic E-state index is 5.32. The molecule has 258 valence electrons. The van der Waals surface area contributed by atoms with E-state index in [0.29, 0.717) is 0 Å². The van der Waals surface area contributed by atoms with E-state index >= 15 is 0 Å². The summed E-state index contributed by atoms with van der Waals surface area (Å²) in [6.45, 7) is 0. The predicted molar refractivity (Wildman–Crippen MR) is 238 cm³/mol. The minimum atomic E-state index is 0.920. The molecule has 0 bridgehead atoms. The fourth-order valence-corrected chi connectivity index (χ4v) is 9.04. The van der Waals surface area contributed by atoms with Crippen molar-refractivity contribution < 1.29 is 0 Å². The molecule has 0 amide bonds. The van der Waals surface area contributed by atoms with Gasteiger partial charge in [0.2, 0.25) is 0 Å². The topological polar surface area (TPSA) is 25.8 Å². The molecule has 2 aromatic heterocycles. The van der Waals surface area contributed by atoms with Gasteiger partial charge in [0, 0.05) is 27.3 Å². The summed E-state index contributed by atoms with van der Waals surface area (Å²) < 4.78 is 0. The third kappa shape index (κ3) is 4.76. The van der Waals surface area contributed by atoms with Crippen LogP contribution < -0.4 is 0 Å². The molecule has 0 spiro atoms. The second kappa shape index (κ2) is 12.0. The van der Waals surface area contributed by atoms with Crippen molar-refractivity contribution in [3.05, 3.63) is 194 Å². The maximum atomic E-state index is 5.32. The van der Waals surface area contributed by atoms with Crippen molar-refractivity contribution in [1.82, 2.24) is 9.97 Å². The van der Waals surface area contributed by atoms with Gasteiger partial charge in [0.25, 0.3) is 0 Å². The van der Waals surface area contributed by atoms with Crippen molar-refractivity contribution in [3.8, 4) is 33.5 Å². The molecule has 0 aliphatic carbocycles. The maximum Gasteiger partial charge on any atom is 0.0978 e. The van der Waals surface area contributed by atoms with Gasteiger partial charge in [-0.25, -0.2) is 9.97 Å². The average molecular weight is 709 g/mol. The lowest BCUT2D eigenvalue weighted by molar-refractivity contribution is 1.40. The number of para-hydroxylation sites is 1. The average Bonchev–Trinajstić information content (AvgIpc) is 3.27. The van der Waals surface area contributed by atoms with Gasteiger partial charge < -0.3 is 0 Å². The molecule has 0 fully saturated rings. The van der Waals surface area contributed by atoms with Crippen LogP contribution in [-0.4, -0.2) is 9.97 Å². The first-order valence-electron chi connectivity index (χ1n) is 19.2. The molecule has 0 atom stereocenters. The number of aromatic nitrogens is 2. The van der Waals surface area contributed by atoms with Gasteiger partial charge in [-0.15, -0.1) is 0 Å². The van der Waals surface area contributed by atoms with Crippen LogP contribution in [0.5, 0.6) is 0 Å². The minimum absolute atomic E-state index is 0.920. The van der Waals surface area contributed by atoms with Gasteiger partial charge in [0.05, 0.1) is 22.2 Å². The Morgan fingerprint density at radius 2 is 0.768 bits per heavy atom. The van der Waals surface area contributed by atoms with E-state index in [1.807, 2.05) is 0 Å². The largest absolute Gasteiger partial charge is 0.245 e. The van der Waals surface area contributed by atoms with E-state index in [0.717, 1.165) is 44.0 Å². The van der Waals surface area contributed by atoms with Crippen LogP contribution in [0.1, 0.15) is 0 Å². The summed E-state index contributed by atoms with van der Waals surface area (Å²) >= 11 is 0. The Morgan fingerprint density at radius 3 is 1.50 bits per heavy atom. The summed E-state index contributed by atoms with van der Waals surface area (Å²) in [7, 11) is 0. The van der Waals surface area contributed by atoms with Gasteiger partial charge in [-0.1, -0.05) is 152 Å². The van der Waals surface area contributed by atoms with E-state index in [9.17, 15) is 0 Å². The van der Waals surface area contributed by atoms with Crippen LogP contribution in [0.4, 0.5) is 0 Å². The first kappa shape index (κ1) is 31.0. The first-order valence-corrected chi connectivity index (χ1v) is 19.2. The van der Waals surface area contributed by atoms with Crippen LogP contribution in [-0.2, 0) is 0 Å². The molecule has 12 rings (SSSR count). The molecule has 2 heteroatoms. The van der Waals surface area contributed by atoms with Crippen LogP contribution >= 0.6 is 0 Å². The molecule has 56 heavy (non-hydrogen) atoms. The lowest BCUT2D eigenvalue weighted by Gasteiger charge is -2.13. The zero-order chi connectivity index (χ0) is 36.7. The standard InChI is InChI=1S/C54H32N2/c1-2-10-33(11-3-1)52-47-16-8-9-17-51(47)56-54-48(52)26-22-34-24-27-50(55-53(34)54)39-21-20-37-29-40-28-35(18-19-36(40)30-41(37)31-39)38-23-25-46-44-14-5-4-12-42(44)43-13-6-7-15-45(43)49(46)32-38/h1-32H. The van der Waals surface area contributed by atoms with Crippen LogP contribution in [0.2, 0.25) is 0 Å². The van der Waals surface area contributed by atoms with Crippen LogP contribution in [0, 0.1) is 0 Å². The molecule has 10 aromatic carbocycles. The lowest BCUT2D eigenvalue weighted by atomic mass is 9.91. The Balaban J connectivity index is 0.961. The van der Waals surface area contributed by atoms with E-state index in [2.05, 4.69) is 194 Å². The summed E-state index contributed by atoms with van der Waals surface area (Å²) in [6.07, 6.45) is 0. The van der Waals surface area contributed by atoms with E-state index in [1.165, 1.54) is 76.1 Å². The highest BCUT2D eigenvalue weighted by Gasteiger charge is 2.15. The molecule has 0 saturated carbocycles. The van der Waals surface area contributed by atoms with Gasteiger partial charge in [0.1, 0.15) is 0 Å². The molecule has 0 radical (unpaired) electrons. The van der Waals surface area contributed by atoms with Gasteiger partial charge in [-0.2, -0.15) is 0 Å². The highest BCUT2D eigenvalue weighted by atomic mass is 14.8. The summed E-state index contributed by atoms with van der Waals surface area (Å²) in [6, 6.07) is 70.5. The Bertz CT molecular complexity index is 3550. The van der Waals surface area contributed by atoms with Crippen molar-refractivity contribution in [3.63, 3.8) is 0 Å². The molecule has 2 nitrogen and oxygen atoms in total. The number of hydrogen-bond acceptors (Lipinski definition) is 2. The molecule has 2 heterocycles. The molecule has 0 unspecified atom stereocenters. The number of fused-ring (bicyclic) bond motifs is 12.